The molecule has 0 fully saturated rings. The Morgan fingerprint density at radius 3 is 2.81 bits per heavy atom. The quantitative estimate of drug-likeness (QED) is 0.433. The number of hydrogen-bond acceptors (Lipinski definition) is 9. The van der Waals surface area contributed by atoms with Crippen LogP contribution in [0.3, 0.4) is 0 Å². The van der Waals surface area contributed by atoms with Gasteiger partial charge in [-0.1, -0.05) is 16.4 Å². The second-order valence-electron chi connectivity index (χ2n) is 6.64. The molecule has 0 atom stereocenters. The maximum atomic E-state index is 14.8. The predicted molar refractivity (Wildman–Crippen MR) is 113 cm³/mol. The van der Waals surface area contributed by atoms with Gasteiger partial charge in [-0.3, -0.25) is 4.72 Å². The molecule has 0 unspecified atom stereocenters. The van der Waals surface area contributed by atoms with Crippen molar-refractivity contribution in [3.63, 3.8) is 0 Å². The Morgan fingerprint density at radius 2 is 2.10 bits per heavy atom. The Morgan fingerprint density at radius 1 is 1.29 bits per heavy atom. The number of aryl methyl sites for hydroxylation is 1. The second kappa shape index (κ2) is 8.04. The first-order chi connectivity index (χ1) is 14.7. The molecule has 9 nitrogen and oxygen atoms in total. The van der Waals surface area contributed by atoms with Crippen molar-refractivity contribution in [3.8, 4) is 10.9 Å². The molecule has 0 spiro atoms. The van der Waals surface area contributed by atoms with E-state index in [-0.39, 0.29) is 17.5 Å². The van der Waals surface area contributed by atoms with Gasteiger partial charge >= 0.3 is 5.63 Å². The molecule has 0 bridgehead atoms. The predicted octanol–water partition coefficient (Wildman–Crippen LogP) is 3.24. The minimum Gasteiger partial charge on any atom is -0.430 e. The van der Waals surface area contributed by atoms with Crippen LogP contribution in [0.25, 0.3) is 11.0 Å². The van der Waals surface area contributed by atoms with Crippen molar-refractivity contribution in [2.24, 2.45) is 0 Å². The molecule has 0 aliphatic heterocycles. The summed E-state index contributed by atoms with van der Waals surface area (Å²) in [5.41, 5.74) is 2.17. The highest BCUT2D eigenvalue weighted by Gasteiger charge is 2.18. The molecular weight excluding hydrogens is 447 g/mol. The lowest BCUT2D eigenvalue weighted by Crippen LogP contribution is -2.15. The van der Waals surface area contributed by atoms with Crippen molar-refractivity contribution in [3.05, 3.63) is 68.9 Å². The Labute approximate surface area is 179 Å². The number of pyridine rings is 1. The second-order valence-corrected chi connectivity index (χ2v) is 9.19. The van der Waals surface area contributed by atoms with Crippen LogP contribution in [0.15, 0.2) is 45.2 Å². The van der Waals surface area contributed by atoms with E-state index in [1.165, 1.54) is 29.1 Å². The first-order valence-electron chi connectivity index (χ1n) is 8.83. The highest BCUT2D eigenvalue weighted by Crippen LogP contribution is 2.29. The van der Waals surface area contributed by atoms with Crippen LogP contribution in [0.1, 0.15) is 16.7 Å². The fourth-order valence-electron chi connectivity index (χ4n) is 3.01. The summed E-state index contributed by atoms with van der Waals surface area (Å²) in [6.45, 7) is 1.73. The van der Waals surface area contributed by atoms with Gasteiger partial charge in [0.05, 0.1) is 6.26 Å². The summed E-state index contributed by atoms with van der Waals surface area (Å²) in [6, 6.07) is 6.37. The van der Waals surface area contributed by atoms with E-state index in [1.54, 1.807) is 25.1 Å². The van der Waals surface area contributed by atoms with E-state index in [9.17, 15) is 17.6 Å². The zero-order chi connectivity index (χ0) is 22.2. The van der Waals surface area contributed by atoms with E-state index in [0.717, 1.165) is 6.26 Å². The van der Waals surface area contributed by atoms with Crippen LogP contribution in [-0.4, -0.2) is 29.9 Å². The number of benzene rings is 1. The molecule has 0 amide bonds. The first-order valence-corrected chi connectivity index (χ1v) is 11.6. The molecular formula is C19H15FN4O5S2. The number of nitrogens with one attached hydrogen (secondary N) is 1. The fourth-order valence-corrected chi connectivity index (χ4v) is 3.92. The average Bonchev–Trinajstić information content (AvgIpc) is 3.19. The number of sulfonamides is 1. The van der Waals surface area contributed by atoms with Gasteiger partial charge in [-0.2, -0.15) is 0 Å². The van der Waals surface area contributed by atoms with Crippen LogP contribution < -0.4 is 15.1 Å². The summed E-state index contributed by atoms with van der Waals surface area (Å²) in [4.78, 5) is 16.3. The highest BCUT2D eigenvalue weighted by molar-refractivity contribution is 7.92. The summed E-state index contributed by atoms with van der Waals surface area (Å²) in [5, 5.41) is 8.49. The summed E-state index contributed by atoms with van der Waals surface area (Å²) in [5.74, 6) is -0.856. The van der Waals surface area contributed by atoms with E-state index >= 15 is 0 Å². The standard InChI is InChI=1S/C19H15FN4O5S2/c1-10-13-4-3-12(28-19-23-22-9-30-19)8-15(13)29-18(25)14(10)7-11-5-6-21-17(16(11)20)24-31(2,26)27/h3-6,8-9H,7H2,1-2H3,(H,21,24). The molecule has 0 radical (unpaired) electrons. The van der Waals surface area contributed by atoms with E-state index in [1.807, 2.05) is 4.72 Å². The molecule has 3 aromatic heterocycles. The zero-order valence-electron chi connectivity index (χ0n) is 16.2. The molecule has 31 heavy (non-hydrogen) atoms. The summed E-state index contributed by atoms with van der Waals surface area (Å²) < 4.78 is 50.6. The molecule has 0 aliphatic rings. The van der Waals surface area contributed by atoms with Crippen LogP contribution in [0.4, 0.5) is 10.2 Å². The molecule has 1 aromatic carbocycles. The van der Waals surface area contributed by atoms with Crippen LogP contribution in [-0.2, 0) is 16.4 Å². The van der Waals surface area contributed by atoms with Crippen molar-refractivity contribution >= 4 is 38.1 Å². The highest BCUT2D eigenvalue weighted by atomic mass is 32.2. The molecule has 0 saturated heterocycles. The Balaban J connectivity index is 1.70. The van der Waals surface area contributed by atoms with Gasteiger partial charge in [0.1, 0.15) is 16.8 Å². The third kappa shape index (κ3) is 4.54. The molecule has 4 aromatic rings. The number of aromatic nitrogens is 3. The molecule has 0 aliphatic carbocycles. The number of hydrogen-bond donors (Lipinski definition) is 1. The van der Waals surface area contributed by atoms with Gasteiger partial charge in [-0.25, -0.2) is 22.6 Å². The van der Waals surface area contributed by atoms with Gasteiger partial charge in [-0.15, -0.1) is 5.10 Å². The Kier molecular flexibility index (Phi) is 5.41. The Hall–Kier alpha value is -3.38. The number of fused-ring (bicyclic) bond motifs is 1. The van der Waals surface area contributed by atoms with E-state index < -0.39 is 27.3 Å². The number of ether oxygens (including phenoxy) is 1. The van der Waals surface area contributed by atoms with Crippen molar-refractivity contribution in [2.45, 2.75) is 13.3 Å². The number of rotatable bonds is 6. The third-order valence-corrected chi connectivity index (χ3v) is 5.55. The van der Waals surface area contributed by atoms with E-state index in [2.05, 4.69) is 15.2 Å². The summed E-state index contributed by atoms with van der Waals surface area (Å²) in [6.07, 6.45) is 2.06. The molecule has 1 N–H and O–H groups in total. The monoisotopic (exact) mass is 462 g/mol. The van der Waals surface area contributed by atoms with Crippen molar-refractivity contribution in [1.82, 2.24) is 15.2 Å². The van der Waals surface area contributed by atoms with Crippen LogP contribution in [0.2, 0.25) is 0 Å². The lowest BCUT2D eigenvalue weighted by molar-refractivity contribution is 0.471. The van der Waals surface area contributed by atoms with E-state index in [0.29, 0.717) is 27.5 Å². The normalized spacial score (nSPS) is 11.6. The number of nitrogens with zero attached hydrogens (tertiary/aromatic N) is 3. The van der Waals surface area contributed by atoms with Gasteiger partial charge in [0.2, 0.25) is 10.0 Å². The Bertz CT molecular complexity index is 1440. The van der Waals surface area contributed by atoms with Gasteiger partial charge in [-0.05, 0) is 36.2 Å². The minimum absolute atomic E-state index is 0.0973. The van der Waals surface area contributed by atoms with Crippen LogP contribution in [0.5, 0.6) is 10.9 Å². The first kappa shape index (κ1) is 20.9. The van der Waals surface area contributed by atoms with Gasteiger partial charge in [0.25, 0.3) is 5.19 Å². The van der Waals surface area contributed by atoms with Gasteiger partial charge in [0, 0.05) is 29.6 Å². The fraction of sp³-hybridized carbons (Fsp3) is 0.158. The van der Waals surface area contributed by atoms with Crippen LogP contribution in [0, 0.1) is 12.7 Å². The lowest BCUT2D eigenvalue weighted by atomic mass is 10.00. The third-order valence-electron chi connectivity index (χ3n) is 4.42. The molecule has 4 rings (SSSR count). The van der Waals surface area contributed by atoms with Crippen LogP contribution >= 0.6 is 11.3 Å². The summed E-state index contributed by atoms with van der Waals surface area (Å²) in [7, 11) is -3.71. The average molecular weight is 462 g/mol. The molecule has 160 valence electrons. The zero-order valence-corrected chi connectivity index (χ0v) is 17.9. The number of anilines is 1. The topological polar surface area (TPSA) is 124 Å². The van der Waals surface area contributed by atoms with E-state index in [4.69, 9.17) is 9.15 Å². The van der Waals surface area contributed by atoms with Gasteiger partial charge < -0.3 is 9.15 Å². The molecule has 3 heterocycles. The number of halogens is 1. The van der Waals surface area contributed by atoms with Crippen molar-refractivity contribution in [1.29, 1.82) is 0 Å². The summed E-state index contributed by atoms with van der Waals surface area (Å²) >= 11 is 1.22. The lowest BCUT2D eigenvalue weighted by Gasteiger charge is -2.11. The largest absolute Gasteiger partial charge is 0.430 e. The van der Waals surface area contributed by atoms with Crippen molar-refractivity contribution in [2.75, 3.05) is 11.0 Å². The van der Waals surface area contributed by atoms with Gasteiger partial charge in [0.15, 0.2) is 11.6 Å². The van der Waals surface area contributed by atoms with Crippen molar-refractivity contribution < 1.29 is 22.0 Å². The molecule has 0 saturated carbocycles. The smallest absolute Gasteiger partial charge is 0.340 e. The SMILES string of the molecule is Cc1c(Cc2ccnc(NS(C)(=O)=O)c2F)c(=O)oc2cc(Oc3nncs3)ccc12. The maximum absolute atomic E-state index is 14.8. The molecule has 12 heteroatoms. The maximum Gasteiger partial charge on any atom is 0.340 e. The minimum atomic E-state index is -3.71.